The molecule has 1 aliphatic heterocycles. The fourth-order valence-corrected chi connectivity index (χ4v) is 3.15. The van der Waals surface area contributed by atoms with E-state index in [-0.39, 0.29) is 18.9 Å². The minimum absolute atomic E-state index is 0.000836. The molecule has 0 radical (unpaired) electrons. The number of carbonyl (C=O) groups excluding carboxylic acids is 3. The Kier molecular flexibility index (Phi) is 6.32. The van der Waals surface area contributed by atoms with Crippen LogP contribution in [0.2, 0.25) is 0 Å². The summed E-state index contributed by atoms with van der Waals surface area (Å²) in [5.74, 6) is -1.46. The quantitative estimate of drug-likeness (QED) is 0.737. The number of benzene rings is 2. The largest absolute Gasteiger partial charge is 0.495 e. The summed E-state index contributed by atoms with van der Waals surface area (Å²) in [5.41, 5.74) is 1.55. The number of nitrogens with one attached hydrogen (secondary N) is 1. The second kappa shape index (κ2) is 9.09. The number of amides is 2. The summed E-state index contributed by atoms with van der Waals surface area (Å²) in [7, 11) is 1.51. The molecule has 1 N–H and O–H groups in total. The van der Waals surface area contributed by atoms with Crippen LogP contribution in [0, 0.1) is 17.2 Å². The lowest BCUT2D eigenvalue weighted by molar-refractivity contribution is -0.157. The van der Waals surface area contributed by atoms with Crippen molar-refractivity contribution < 1.29 is 23.9 Å². The van der Waals surface area contributed by atoms with E-state index < -0.39 is 23.9 Å². The van der Waals surface area contributed by atoms with Crippen LogP contribution in [0.5, 0.6) is 5.75 Å². The smallest absolute Gasteiger partial charge is 0.312 e. The van der Waals surface area contributed by atoms with Crippen molar-refractivity contribution in [3.05, 3.63) is 54.1 Å². The Labute approximate surface area is 174 Å². The summed E-state index contributed by atoms with van der Waals surface area (Å²) in [6.07, 6.45) is -1.04. The third kappa shape index (κ3) is 4.58. The first-order valence-corrected chi connectivity index (χ1v) is 9.38. The van der Waals surface area contributed by atoms with Gasteiger partial charge < -0.3 is 19.7 Å². The van der Waals surface area contributed by atoms with E-state index >= 15 is 0 Å². The maximum absolute atomic E-state index is 12.5. The van der Waals surface area contributed by atoms with Crippen molar-refractivity contribution in [1.29, 1.82) is 5.26 Å². The van der Waals surface area contributed by atoms with Gasteiger partial charge in [0.1, 0.15) is 5.75 Å². The van der Waals surface area contributed by atoms with Crippen LogP contribution in [0.25, 0.3) is 0 Å². The zero-order chi connectivity index (χ0) is 21.7. The molecule has 0 aliphatic carbocycles. The molecular formula is C22H21N3O5. The summed E-state index contributed by atoms with van der Waals surface area (Å²) in [6, 6.07) is 15.4. The van der Waals surface area contributed by atoms with Crippen LogP contribution in [0.1, 0.15) is 18.9 Å². The van der Waals surface area contributed by atoms with E-state index in [1.807, 2.05) is 6.07 Å². The Morgan fingerprint density at radius 1 is 1.20 bits per heavy atom. The Morgan fingerprint density at radius 2 is 1.90 bits per heavy atom. The number of anilines is 2. The molecule has 30 heavy (non-hydrogen) atoms. The third-order valence-electron chi connectivity index (χ3n) is 4.78. The summed E-state index contributed by atoms with van der Waals surface area (Å²) < 4.78 is 10.6. The minimum Gasteiger partial charge on any atom is -0.495 e. The molecule has 2 aromatic carbocycles. The Hall–Kier alpha value is -3.86. The molecule has 1 heterocycles. The number of carbonyl (C=O) groups is 3. The van der Waals surface area contributed by atoms with Crippen LogP contribution in [-0.2, 0) is 19.1 Å². The first kappa shape index (κ1) is 20.9. The zero-order valence-electron chi connectivity index (χ0n) is 16.6. The third-order valence-corrected chi connectivity index (χ3v) is 4.78. The standard InChI is InChI=1S/C22H21N3O5/c1-14(21(27)24-17-9-7-15(12-23)8-10-17)30-22(28)16-11-20(26)25(13-16)18-5-3-4-6-19(18)29-2/h3-10,14,16H,11,13H2,1-2H3,(H,24,27)/t14-,16+/m1/s1. The average Bonchev–Trinajstić information content (AvgIpc) is 3.15. The molecule has 1 aliphatic rings. The molecule has 0 saturated carbocycles. The number of nitriles is 1. The summed E-state index contributed by atoms with van der Waals surface area (Å²) in [5, 5.41) is 11.4. The maximum atomic E-state index is 12.5. The second-order valence-electron chi connectivity index (χ2n) is 6.83. The Morgan fingerprint density at radius 3 is 2.57 bits per heavy atom. The molecule has 1 saturated heterocycles. The highest BCUT2D eigenvalue weighted by Crippen LogP contribution is 2.33. The lowest BCUT2D eigenvalue weighted by Gasteiger charge is -2.20. The van der Waals surface area contributed by atoms with Crippen molar-refractivity contribution in [2.24, 2.45) is 5.92 Å². The molecule has 0 spiro atoms. The molecule has 2 aromatic rings. The first-order chi connectivity index (χ1) is 14.4. The van der Waals surface area contributed by atoms with Crippen molar-refractivity contribution in [3.8, 4) is 11.8 Å². The van der Waals surface area contributed by atoms with Crippen molar-refractivity contribution in [2.75, 3.05) is 23.9 Å². The summed E-state index contributed by atoms with van der Waals surface area (Å²) in [6.45, 7) is 1.62. The molecular weight excluding hydrogens is 386 g/mol. The fraction of sp³-hybridized carbons (Fsp3) is 0.273. The number of hydrogen-bond acceptors (Lipinski definition) is 6. The van der Waals surface area contributed by atoms with Crippen LogP contribution in [0.3, 0.4) is 0 Å². The molecule has 8 heteroatoms. The van der Waals surface area contributed by atoms with E-state index in [4.69, 9.17) is 14.7 Å². The number of methoxy groups -OCH3 is 1. The van der Waals surface area contributed by atoms with Gasteiger partial charge in [0.05, 0.1) is 30.3 Å². The van der Waals surface area contributed by atoms with Gasteiger partial charge in [-0.1, -0.05) is 12.1 Å². The highest BCUT2D eigenvalue weighted by atomic mass is 16.5. The number of rotatable bonds is 6. The predicted octanol–water partition coefficient (Wildman–Crippen LogP) is 2.49. The van der Waals surface area contributed by atoms with Gasteiger partial charge >= 0.3 is 5.97 Å². The molecule has 0 unspecified atom stereocenters. The van der Waals surface area contributed by atoms with Crippen LogP contribution >= 0.6 is 0 Å². The topological polar surface area (TPSA) is 109 Å². The van der Waals surface area contributed by atoms with Crippen molar-refractivity contribution in [3.63, 3.8) is 0 Å². The minimum atomic E-state index is -1.04. The highest BCUT2D eigenvalue weighted by Gasteiger charge is 2.38. The van der Waals surface area contributed by atoms with Crippen LogP contribution < -0.4 is 15.0 Å². The molecule has 3 rings (SSSR count). The predicted molar refractivity (Wildman–Crippen MR) is 109 cm³/mol. The van der Waals surface area contributed by atoms with E-state index in [0.29, 0.717) is 22.7 Å². The molecule has 1 fully saturated rings. The lowest BCUT2D eigenvalue weighted by atomic mass is 10.1. The molecule has 2 amide bonds. The Bertz CT molecular complexity index is 997. The number of hydrogen-bond donors (Lipinski definition) is 1. The molecule has 8 nitrogen and oxygen atoms in total. The molecule has 154 valence electrons. The first-order valence-electron chi connectivity index (χ1n) is 9.38. The SMILES string of the molecule is COc1ccccc1N1C[C@@H](C(=O)O[C@H](C)C(=O)Nc2ccc(C#N)cc2)CC1=O. The zero-order valence-corrected chi connectivity index (χ0v) is 16.6. The van der Waals surface area contributed by atoms with Crippen molar-refractivity contribution in [2.45, 2.75) is 19.4 Å². The number of esters is 1. The van der Waals surface area contributed by atoms with Crippen LogP contribution in [0.15, 0.2) is 48.5 Å². The van der Waals surface area contributed by atoms with Gasteiger partial charge in [0.25, 0.3) is 5.91 Å². The van der Waals surface area contributed by atoms with Gasteiger partial charge in [0.15, 0.2) is 6.10 Å². The number of para-hydroxylation sites is 2. The van der Waals surface area contributed by atoms with Gasteiger partial charge in [-0.2, -0.15) is 5.26 Å². The molecule has 0 bridgehead atoms. The number of ether oxygens (including phenoxy) is 2. The maximum Gasteiger partial charge on any atom is 0.312 e. The van der Waals surface area contributed by atoms with E-state index in [2.05, 4.69) is 5.32 Å². The Balaban J connectivity index is 1.59. The lowest BCUT2D eigenvalue weighted by Crippen LogP contribution is -2.33. The van der Waals surface area contributed by atoms with E-state index in [9.17, 15) is 14.4 Å². The van der Waals surface area contributed by atoms with Gasteiger partial charge in [-0.15, -0.1) is 0 Å². The van der Waals surface area contributed by atoms with Gasteiger partial charge in [-0.25, -0.2) is 0 Å². The highest BCUT2D eigenvalue weighted by molar-refractivity contribution is 6.01. The normalized spacial score (nSPS) is 16.5. The summed E-state index contributed by atoms with van der Waals surface area (Å²) >= 11 is 0. The van der Waals surface area contributed by atoms with Crippen LogP contribution in [0.4, 0.5) is 11.4 Å². The van der Waals surface area contributed by atoms with Gasteiger partial charge in [0.2, 0.25) is 5.91 Å². The van der Waals surface area contributed by atoms with Crippen LogP contribution in [-0.4, -0.2) is 37.5 Å². The number of nitrogens with zero attached hydrogens (tertiary/aromatic N) is 2. The van der Waals surface area contributed by atoms with Crippen molar-refractivity contribution >= 4 is 29.2 Å². The van der Waals surface area contributed by atoms with E-state index in [1.54, 1.807) is 48.5 Å². The molecule has 0 aromatic heterocycles. The van der Waals surface area contributed by atoms with Gasteiger partial charge in [-0.05, 0) is 43.3 Å². The van der Waals surface area contributed by atoms with E-state index in [0.717, 1.165) is 0 Å². The average molecular weight is 407 g/mol. The van der Waals surface area contributed by atoms with Gasteiger partial charge in [0, 0.05) is 18.7 Å². The fourth-order valence-electron chi connectivity index (χ4n) is 3.15. The summed E-state index contributed by atoms with van der Waals surface area (Å²) in [4.78, 5) is 38.8. The second-order valence-corrected chi connectivity index (χ2v) is 6.83. The van der Waals surface area contributed by atoms with Crippen molar-refractivity contribution in [1.82, 2.24) is 0 Å². The molecule has 2 atom stereocenters. The van der Waals surface area contributed by atoms with Gasteiger partial charge in [-0.3, -0.25) is 14.4 Å². The van der Waals surface area contributed by atoms with E-state index in [1.165, 1.54) is 18.9 Å². The monoisotopic (exact) mass is 407 g/mol.